The molecule has 6 nitrogen and oxygen atoms in total. The number of phenols is 1. The first-order valence-electron chi connectivity index (χ1n) is 5.85. The molecule has 0 atom stereocenters. The number of hydrogen-bond donors (Lipinski definition) is 3. The van der Waals surface area contributed by atoms with Crippen molar-refractivity contribution in [2.24, 2.45) is 0 Å². The number of phenolic OH excluding ortho intramolecular Hbond substituents is 1. The van der Waals surface area contributed by atoms with Crippen molar-refractivity contribution in [3.8, 4) is 5.75 Å². The van der Waals surface area contributed by atoms with Gasteiger partial charge in [0.05, 0.1) is 0 Å². The van der Waals surface area contributed by atoms with Crippen LogP contribution in [0.2, 0.25) is 0 Å². The highest BCUT2D eigenvalue weighted by Gasteiger charge is 2.16. The van der Waals surface area contributed by atoms with Crippen molar-refractivity contribution < 1.29 is 22.9 Å². The molecular weight excluding hydrogens is 282 g/mol. The van der Waals surface area contributed by atoms with Gasteiger partial charge in [0, 0.05) is 23.6 Å². The predicted molar refractivity (Wildman–Crippen MR) is 74.3 cm³/mol. The van der Waals surface area contributed by atoms with Gasteiger partial charge in [0.2, 0.25) is 5.91 Å². The van der Waals surface area contributed by atoms with Crippen molar-refractivity contribution in [2.75, 3.05) is 5.32 Å². The molecule has 2 rings (SSSR count). The van der Waals surface area contributed by atoms with E-state index in [4.69, 9.17) is 0 Å². The van der Waals surface area contributed by atoms with E-state index in [-0.39, 0.29) is 17.0 Å². The molecule has 106 valence electrons. The number of rotatable bonds is 3. The molecule has 3 N–H and O–H groups in total. The van der Waals surface area contributed by atoms with Crippen LogP contribution in [0.15, 0.2) is 35.2 Å². The van der Waals surface area contributed by atoms with Gasteiger partial charge in [-0.3, -0.25) is 9.35 Å². The first-order valence-corrected chi connectivity index (χ1v) is 7.29. The summed E-state index contributed by atoms with van der Waals surface area (Å²) in [5.74, 6) is -0.480. The highest BCUT2D eigenvalue weighted by Crippen LogP contribution is 2.30. The van der Waals surface area contributed by atoms with E-state index in [9.17, 15) is 22.9 Å². The zero-order valence-electron chi connectivity index (χ0n) is 10.6. The lowest BCUT2D eigenvalue weighted by Gasteiger charge is -2.08. The monoisotopic (exact) mass is 295 g/mol. The molecule has 0 heterocycles. The van der Waals surface area contributed by atoms with E-state index in [0.717, 1.165) is 6.07 Å². The third-order valence-corrected chi connectivity index (χ3v) is 3.68. The van der Waals surface area contributed by atoms with Crippen molar-refractivity contribution >= 4 is 32.5 Å². The predicted octanol–water partition coefficient (Wildman–Crippen LogP) is 2.14. The van der Waals surface area contributed by atoms with Crippen molar-refractivity contribution in [2.45, 2.75) is 18.2 Å². The number of aromatic hydroxyl groups is 1. The van der Waals surface area contributed by atoms with Crippen LogP contribution in [0.5, 0.6) is 5.75 Å². The SMILES string of the molecule is CCC(=O)Nc1ccc2cc(O)cc(S(=O)(=O)O)c2c1. The van der Waals surface area contributed by atoms with Crippen molar-refractivity contribution in [1.29, 1.82) is 0 Å². The molecule has 0 radical (unpaired) electrons. The van der Waals surface area contributed by atoms with Crippen molar-refractivity contribution in [3.63, 3.8) is 0 Å². The second-order valence-electron chi connectivity index (χ2n) is 4.26. The second kappa shape index (κ2) is 5.10. The summed E-state index contributed by atoms with van der Waals surface area (Å²) in [5, 5.41) is 12.7. The zero-order chi connectivity index (χ0) is 14.9. The summed E-state index contributed by atoms with van der Waals surface area (Å²) >= 11 is 0. The molecule has 0 bridgehead atoms. The molecule has 7 heteroatoms. The number of anilines is 1. The molecule has 0 fully saturated rings. The molecule has 0 aliphatic rings. The summed E-state index contributed by atoms with van der Waals surface area (Å²) in [4.78, 5) is 10.9. The molecule has 0 aliphatic carbocycles. The van der Waals surface area contributed by atoms with Gasteiger partial charge in [0.25, 0.3) is 10.1 Å². The Bertz CT molecular complexity index is 783. The number of hydrogen-bond acceptors (Lipinski definition) is 4. The molecule has 0 aromatic heterocycles. The number of fused-ring (bicyclic) bond motifs is 1. The quantitative estimate of drug-likeness (QED) is 0.753. The molecular formula is C13H13NO5S. The summed E-state index contributed by atoms with van der Waals surface area (Å²) < 4.78 is 31.9. The normalized spacial score (nSPS) is 11.5. The number of carbonyl (C=O) groups excluding carboxylic acids is 1. The van der Waals surface area contributed by atoms with Crippen LogP contribution in [-0.2, 0) is 14.9 Å². The molecule has 2 aromatic rings. The van der Waals surface area contributed by atoms with Gasteiger partial charge in [-0.2, -0.15) is 8.42 Å². The van der Waals surface area contributed by atoms with Crippen LogP contribution in [0.1, 0.15) is 13.3 Å². The highest BCUT2D eigenvalue weighted by molar-refractivity contribution is 7.86. The third kappa shape index (κ3) is 2.89. The van der Waals surface area contributed by atoms with Gasteiger partial charge in [-0.15, -0.1) is 0 Å². The van der Waals surface area contributed by atoms with Crippen LogP contribution in [0.4, 0.5) is 5.69 Å². The number of carbonyl (C=O) groups is 1. The van der Waals surface area contributed by atoms with Crippen LogP contribution >= 0.6 is 0 Å². The summed E-state index contributed by atoms with van der Waals surface area (Å²) in [6, 6.07) is 6.90. The molecule has 0 aliphatic heterocycles. The lowest BCUT2D eigenvalue weighted by molar-refractivity contribution is -0.115. The van der Waals surface area contributed by atoms with Gasteiger partial charge in [0.15, 0.2) is 0 Å². The zero-order valence-corrected chi connectivity index (χ0v) is 11.4. The first-order chi connectivity index (χ1) is 9.31. The summed E-state index contributed by atoms with van der Waals surface area (Å²) in [7, 11) is -4.48. The van der Waals surface area contributed by atoms with Crippen LogP contribution < -0.4 is 5.32 Å². The van der Waals surface area contributed by atoms with E-state index in [2.05, 4.69) is 5.32 Å². The largest absolute Gasteiger partial charge is 0.508 e. The Morgan fingerprint density at radius 3 is 2.55 bits per heavy atom. The Morgan fingerprint density at radius 2 is 1.95 bits per heavy atom. The van der Waals surface area contributed by atoms with Gasteiger partial charge in [0.1, 0.15) is 10.6 Å². The van der Waals surface area contributed by atoms with Gasteiger partial charge in [-0.25, -0.2) is 0 Å². The second-order valence-corrected chi connectivity index (χ2v) is 5.65. The van der Waals surface area contributed by atoms with Gasteiger partial charge >= 0.3 is 0 Å². The number of benzene rings is 2. The molecule has 0 spiro atoms. The van der Waals surface area contributed by atoms with Crippen LogP contribution in [-0.4, -0.2) is 24.0 Å². The fourth-order valence-electron chi connectivity index (χ4n) is 1.85. The smallest absolute Gasteiger partial charge is 0.295 e. The average Bonchev–Trinajstić information content (AvgIpc) is 2.37. The molecule has 0 saturated heterocycles. The van der Waals surface area contributed by atoms with E-state index >= 15 is 0 Å². The number of nitrogens with one attached hydrogen (secondary N) is 1. The topological polar surface area (TPSA) is 104 Å². The Hall–Kier alpha value is -2.12. The lowest BCUT2D eigenvalue weighted by atomic mass is 10.1. The summed E-state index contributed by atoms with van der Waals surface area (Å²) in [6.07, 6.45) is 0.290. The Kier molecular flexibility index (Phi) is 3.65. The highest BCUT2D eigenvalue weighted by atomic mass is 32.2. The van der Waals surface area contributed by atoms with Crippen LogP contribution in [0, 0.1) is 0 Å². The van der Waals surface area contributed by atoms with E-state index in [1.807, 2.05) is 0 Å². The standard InChI is InChI=1S/C13H13NO5S/c1-2-13(16)14-9-4-3-8-5-10(15)7-12(11(8)6-9)20(17,18)19/h3-7,15H,2H2,1H3,(H,14,16)(H,17,18,19). The minimum absolute atomic E-state index is 0.212. The Labute approximate surface area is 115 Å². The first kappa shape index (κ1) is 14.3. The van der Waals surface area contributed by atoms with Gasteiger partial charge in [-0.1, -0.05) is 13.0 Å². The Balaban J connectivity index is 2.66. The van der Waals surface area contributed by atoms with E-state index in [1.165, 1.54) is 12.1 Å². The maximum atomic E-state index is 11.3. The minimum Gasteiger partial charge on any atom is -0.508 e. The number of amides is 1. The molecule has 0 unspecified atom stereocenters. The maximum absolute atomic E-state index is 11.3. The fraction of sp³-hybridized carbons (Fsp3) is 0.154. The third-order valence-electron chi connectivity index (χ3n) is 2.78. The summed E-state index contributed by atoms with van der Waals surface area (Å²) in [6.45, 7) is 1.69. The molecule has 20 heavy (non-hydrogen) atoms. The lowest BCUT2D eigenvalue weighted by Crippen LogP contribution is -2.09. The van der Waals surface area contributed by atoms with Crippen LogP contribution in [0.25, 0.3) is 10.8 Å². The van der Waals surface area contributed by atoms with Crippen molar-refractivity contribution in [1.82, 2.24) is 0 Å². The Morgan fingerprint density at radius 1 is 1.25 bits per heavy atom. The molecule has 0 saturated carbocycles. The van der Waals surface area contributed by atoms with E-state index in [1.54, 1.807) is 19.1 Å². The van der Waals surface area contributed by atoms with Crippen molar-refractivity contribution in [3.05, 3.63) is 30.3 Å². The summed E-state index contributed by atoms with van der Waals surface area (Å²) in [5.41, 5.74) is 0.417. The molecule has 2 aromatic carbocycles. The molecule has 1 amide bonds. The van der Waals surface area contributed by atoms with E-state index in [0.29, 0.717) is 17.5 Å². The average molecular weight is 295 g/mol. The van der Waals surface area contributed by atoms with Crippen LogP contribution in [0.3, 0.4) is 0 Å². The maximum Gasteiger partial charge on any atom is 0.295 e. The minimum atomic E-state index is -4.48. The van der Waals surface area contributed by atoms with Gasteiger partial charge in [-0.05, 0) is 23.6 Å². The van der Waals surface area contributed by atoms with Gasteiger partial charge < -0.3 is 10.4 Å². The fourth-order valence-corrected chi connectivity index (χ4v) is 2.57. The van der Waals surface area contributed by atoms with E-state index < -0.39 is 15.0 Å².